The summed E-state index contributed by atoms with van der Waals surface area (Å²) in [7, 11) is 0. The summed E-state index contributed by atoms with van der Waals surface area (Å²) in [5, 5.41) is 6.46. The number of hydrogen-bond donors (Lipinski definition) is 1. The predicted octanol–water partition coefficient (Wildman–Crippen LogP) is 3.09. The number of carbonyl (C=O) groups excluding carboxylic acids is 2. The quantitative estimate of drug-likeness (QED) is 0.805. The Morgan fingerprint density at radius 1 is 1.35 bits per heavy atom. The number of benzene rings is 1. The number of aryl methyl sites for hydroxylation is 2. The van der Waals surface area contributed by atoms with Crippen molar-refractivity contribution in [1.29, 1.82) is 0 Å². The van der Waals surface area contributed by atoms with Crippen LogP contribution in [0.2, 0.25) is 0 Å². The highest BCUT2D eigenvalue weighted by molar-refractivity contribution is 9.10. The Morgan fingerprint density at radius 3 is 2.65 bits per heavy atom. The summed E-state index contributed by atoms with van der Waals surface area (Å²) in [6, 6.07) is 7.38. The molecule has 1 aromatic heterocycles. The molecule has 0 bridgehead atoms. The summed E-state index contributed by atoms with van der Waals surface area (Å²) >= 11 is 3.44. The lowest BCUT2D eigenvalue weighted by molar-refractivity contribution is -0.124. The van der Waals surface area contributed by atoms with E-state index >= 15 is 0 Å². The fourth-order valence-electron chi connectivity index (χ4n) is 2.16. The molecule has 1 N–H and O–H groups in total. The second kappa shape index (κ2) is 7.41. The van der Waals surface area contributed by atoms with Crippen molar-refractivity contribution in [3.63, 3.8) is 0 Å². The first-order valence-corrected chi connectivity index (χ1v) is 7.83. The number of hydrogen-bond acceptors (Lipinski definition) is 5. The number of nitrogens with zero attached hydrogens (tertiary/aromatic N) is 1. The maximum absolute atomic E-state index is 12.0. The van der Waals surface area contributed by atoms with E-state index in [4.69, 9.17) is 9.26 Å². The van der Waals surface area contributed by atoms with Gasteiger partial charge in [0.05, 0.1) is 11.7 Å². The van der Waals surface area contributed by atoms with Crippen molar-refractivity contribution >= 4 is 27.8 Å². The average molecular weight is 381 g/mol. The van der Waals surface area contributed by atoms with Crippen LogP contribution in [0.5, 0.6) is 0 Å². The van der Waals surface area contributed by atoms with Gasteiger partial charge in [-0.25, -0.2) is 4.79 Å². The topological polar surface area (TPSA) is 81.4 Å². The third-order valence-corrected chi connectivity index (χ3v) is 4.04. The molecule has 0 aliphatic carbocycles. The van der Waals surface area contributed by atoms with E-state index in [1.165, 1.54) is 0 Å². The average Bonchev–Trinajstić information content (AvgIpc) is 2.84. The number of carbonyl (C=O) groups is 2. The first kappa shape index (κ1) is 17.2. The second-order valence-corrected chi connectivity index (χ2v) is 5.94. The van der Waals surface area contributed by atoms with Crippen LogP contribution >= 0.6 is 15.9 Å². The molecule has 0 saturated heterocycles. The van der Waals surface area contributed by atoms with E-state index < -0.39 is 5.97 Å². The highest BCUT2D eigenvalue weighted by Gasteiger charge is 2.20. The minimum atomic E-state index is -0.620. The lowest BCUT2D eigenvalue weighted by Crippen LogP contribution is -2.31. The van der Waals surface area contributed by atoms with Crippen LogP contribution in [0, 0.1) is 13.8 Å². The molecule has 0 saturated carbocycles. The van der Waals surface area contributed by atoms with Gasteiger partial charge in [-0.05, 0) is 32.4 Å². The van der Waals surface area contributed by atoms with Gasteiger partial charge in [0.25, 0.3) is 5.91 Å². The smallest absolute Gasteiger partial charge is 0.344 e. The van der Waals surface area contributed by atoms with Crippen LogP contribution in [0.3, 0.4) is 0 Å². The molecule has 0 radical (unpaired) electrons. The van der Waals surface area contributed by atoms with E-state index in [2.05, 4.69) is 26.4 Å². The largest absolute Gasteiger partial charge is 0.452 e. The van der Waals surface area contributed by atoms with Crippen molar-refractivity contribution in [1.82, 2.24) is 10.5 Å². The lowest BCUT2D eigenvalue weighted by Gasteiger charge is -2.15. The molecule has 7 heteroatoms. The molecule has 23 heavy (non-hydrogen) atoms. The maximum Gasteiger partial charge on any atom is 0.344 e. The summed E-state index contributed by atoms with van der Waals surface area (Å²) in [6.45, 7) is 4.75. The highest BCUT2D eigenvalue weighted by Crippen LogP contribution is 2.22. The monoisotopic (exact) mass is 380 g/mol. The van der Waals surface area contributed by atoms with E-state index in [0.717, 1.165) is 10.0 Å². The van der Waals surface area contributed by atoms with Gasteiger partial charge in [-0.3, -0.25) is 4.79 Å². The predicted molar refractivity (Wildman–Crippen MR) is 87.0 cm³/mol. The van der Waals surface area contributed by atoms with Crippen molar-refractivity contribution < 1.29 is 18.8 Å². The lowest BCUT2D eigenvalue weighted by atomic mass is 10.1. The summed E-state index contributed by atoms with van der Waals surface area (Å²) in [6.07, 6.45) is 0. The molecule has 0 aliphatic rings. The summed E-state index contributed by atoms with van der Waals surface area (Å²) in [4.78, 5) is 23.9. The molecule has 122 valence electrons. The van der Waals surface area contributed by atoms with Crippen molar-refractivity contribution in [2.75, 3.05) is 6.61 Å². The van der Waals surface area contributed by atoms with Crippen molar-refractivity contribution in [2.24, 2.45) is 0 Å². The van der Waals surface area contributed by atoms with Crippen molar-refractivity contribution in [2.45, 2.75) is 26.8 Å². The normalized spacial score (nSPS) is 11.8. The van der Waals surface area contributed by atoms with Crippen molar-refractivity contribution in [3.8, 4) is 0 Å². The van der Waals surface area contributed by atoms with Gasteiger partial charge in [-0.1, -0.05) is 39.3 Å². The van der Waals surface area contributed by atoms with Crippen LogP contribution in [-0.2, 0) is 9.53 Å². The third-order valence-electron chi connectivity index (χ3n) is 3.32. The summed E-state index contributed by atoms with van der Waals surface area (Å²) in [5.41, 5.74) is 1.64. The van der Waals surface area contributed by atoms with Crippen LogP contribution < -0.4 is 5.32 Å². The Labute approximate surface area is 142 Å². The molecule has 1 atom stereocenters. The minimum absolute atomic E-state index is 0.212. The number of ether oxygens (including phenoxy) is 1. The standard InChI is InChI=1S/C16H17BrN2O4/c1-9(12-6-4-5-7-13(12)17)18-14(20)8-22-16(21)15-10(2)19-23-11(15)3/h4-7,9H,8H2,1-3H3,(H,18,20)/t9-/m1/s1. The Bertz CT molecular complexity index is 707. The summed E-state index contributed by atoms with van der Waals surface area (Å²) in [5.74, 6) is -0.632. The number of nitrogens with one attached hydrogen (secondary N) is 1. The van der Waals surface area contributed by atoms with Gasteiger partial charge >= 0.3 is 5.97 Å². The van der Waals surface area contributed by atoms with Crippen LogP contribution in [0.25, 0.3) is 0 Å². The Morgan fingerprint density at radius 2 is 2.04 bits per heavy atom. The molecule has 0 fully saturated rings. The molecular weight excluding hydrogens is 364 g/mol. The first-order valence-electron chi connectivity index (χ1n) is 7.04. The molecule has 1 heterocycles. The van der Waals surface area contributed by atoms with Crippen LogP contribution in [-0.4, -0.2) is 23.6 Å². The van der Waals surface area contributed by atoms with E-state index in [1.54, 1.807) is 13.8 Å². The molecule has 1 amide bonds. The van der Waals surface area contributed by atoms with Gasteiger partial charge in [0, 0.05) is 4.47 Å². The van der Waals surface area contributed by atoms with E-state index in [1.807, 2.05) is 31.2 Å². The zero-order valence-corrected chi connectivity index (χ0v) is 14.6. The fraction of sp³-hybridized carbons (Fsp3) is 0.312. The van der Waals surface area contributed by atoms with Crippen LogP contribution in [0.15, 0.2) is 33.3 Å². The first-order chi connectivity index (χ1) is 10.9. The van der Waals surface area contributed by atoms with Gasteiger partial charge in [0.1, 0.15) is 11.3 Å². The Balaban J connectivity index is 1.91. The van der Waals surface area contributed by atoms with Gasteiger partial charge < -0.3 is 14.6 Å². The molecule has 2 rings (SSSR count). The number of esters is 1. The number of rotatable bonds is 5. The zero-order valence-electron chi connectivity index (χ0n) is 13.1. The maximum atomic E-state index is 12.0. The molecule has 0 unspecified atom stereocenters. The van der Waals surface area contributed by atoms with Gasteiger partial charge in [-0.15, -0.1) is 0 Å². The molecule has 6 nitrogen and oxygen atoms in total. The second-order valence-electron chi connectivity index (χ2n) is 5.09. The Kier molecular flexibility index (Phi) is 5.54. The molecule has 1 aromatic carbocycles. The van der Waals surface area contributed by atoms with Crippen LogP contribution in [0.4, 0.5) is 0 Å². The SMILES string of the molecule is Cc1noc(C)c1C(=O)OCC(=O)N[C@H](C)c1ccccc1Br. The van der Waals surface area contributed by atoms with Crippen LogP contribution in [0.1, 0.15) is 40.3 Å². The van der Waals surface area contributed by atoms with E-state index in [-0.39, 0.29) is 24.1 Å². The van der Waals surface area contributed by atoms with E-state index in [9.17, 15) is 9.59 Å². The fourth-order valence-corrected chi connectivity index (χ4v) is 2.79. The van der Waals surface area contributed by atoms with Crippen molar-refractivity contribution in [3.05, 3.63) is 51.3 Å². The minimum Gasteiger partial charge on any atom is -0.452 e. The highest BCUT2D eigenvalue weighted by atomic mass is 79.9. The van der Waals surface area contributed by atoms with E-state index in [0.29, 0.717) is 11.5 Å². The molecule has 2 aromatic rings. The number of amides is 1. The number of aromatic nitrogens is 1. The zero-order chi connectivity index (χ0) is 17.0. The van der Waals surface area contributed by atoms with Gasteiger partial charge in [0.15, 0.2) is 6.61 Å². The van der Waals surface area contributed by atoms with Gasteiger partial charge in [-0.2, -0.15) is 0 Å². The number of halogens is 1. The summed E-state index contributed by atoms with van der Waals surface area (Å²) < 4.78 is 10.8. The molecule has 0 spiro atoms. The molecule has 0 aliphatic heterocycles. The molecular formula is C16H17BrN2O4. The Hall–Kier alpha value is -2.15. The third kappa shape index (κ3) is 4.19. The van der Waals surface area contributed by atoms with Gasteiger partial charge in [0.2, 0.25) is 0 Å².